The molecule has 2 saturated heterocycles. The predicted molar refractivity (Wildman–Crippen MR) is 202 cm³/mol. The summed E-state index contributed by atoms with van der Waals surface area (Å²) in [5.41, 5.74) is 6.08. The van der Waals surface area contributed by atoms with Crippen molar-refractivity contribution >= 4 is 0 Å². The van der Waals surface area contributed by atoms with Gasteiger partial charge in [0.25, 0.3) is 0 Å². The van der Waals surface area contributed by atoms with Gasteiger partial charge in [-0.25, -0.2) is 0 Å². The number of likely N-dealkylation sites (tertiary alicyclic amines) is 1. The van der Waals surface area contributed by atoms with Crippen LogP contribution in [-0.2, 0) is 0 Å². The molecule has 0 spiro atoms. The highest BCUT2D eigenvalue weighted by molar-refractivity contribution is 5.36. The Hall–Kier alpha value is -1.10. The molecule has 0 bridgehead atoms. The smallest absolute Gasteiger partial charge is 0.0829 e. The van der Waals surface area contributed by atoms with E-state index >= 15 is 0 Å². The summed E-state index contributed by atoms with van der Waals surface area (Å²) >= 11 is 0. The van der Waals surface area contributed by atoms with E-state index in [9.17, 15) is 0 Å². The molecule has 4 heteroatoms. The van der Waals surface area contributed by atoms with Crippen molar-refractivity contribution in [3.63, 3.8) is 0 Å². The van der Waals surface area contributed by atoms with Crippen LogP contribution < -0.4 is 5.32 Å². The van der Waals surface area contributed by atoms with Gasteiger partial charge in [0, 0.05) is 54.3 Å². The molecule has 7 fully saturated rings. The van der Waals surface area contributed by atoms with Gasteiger partial charge in [-0.05, 0) is 131 Å². The summed E-state index contributed by atoms with van der Waals surface area (Å²) in [5.74, 6) is 4.43. The Morgan fingerprint density at radius 2 is 1.51 bits per heavy atom. The molecule has 0 aromatic rings. The van der Waals surface area contributed by atoms with Crippen molar-refractivity contribution in [2.45, 2.75) is 204 Å². The van der Waals surface area contributed by atoms with Gasteiger partial charge in [-0.1, -0.05) is 83.4 Å². The first-order valence-electron chi connectivity index (χ1n) is 22.1. The molecule has 7 aliphatic carbocycles. The fraction of sp³-hybridized carbons (Fsp3) is 0.867. The zero-order chi connectivity index (χ0) is 32.9. The second kappa shape index (κ2) is 12.8. The molecule has 4 nitrogen and oxygen atoms in total. The highest BCUT2D eigenvalue weighted by atomic mass is 15.5. The Kier molecular flexibility index (Phi) is 8.49. The molecule has 3 heterocycles. The van der Waals surface area contributed by atoms with Crippen molar-refractivity contribution < 1.29 is 0 Å². The van der Waals surface area contributed by atoms with Gasteiger partial charge in [0.15, 0.2) is 0 Å². The summed E-state index contributed by atoms with van der Waals surface area (Å²) in [4.78, 5) is 9.56. The van der Waals surface area contributed by atoms with Crippen LogP contribution in [0.5, 0.6) is 0 Å². The second-order valence-electron chi connectivity index (χ2n) is 19.7. The van der Waals surface area contributed by atoms with Gasteiger partial charge in [-0.3, -0.25) is 9.80 Å². The molecule has 0 radical (unpaired) electrons. The Labute approximate surface area is 299 Å². The molecular formula is C45H70N4. The van der Waals surface area contributed by atoms with Crippen LogP contribution >= 0.6 is 0 Å². The van der Waals surface area contributed by atoms with E-state index in [0.29, 0.717) is 35.7 Å². The predicted octanol–water partition coefficient (Wildman–Crippen LogP) is 9.58. The highest BCUT2D eigenvalue weighted by Crippen LogP contribution is 2.65. The number of rotatable bonds is 3. The Balaban J connectivity index is 1.09. The van der Waals surface area contributed by atoms with Gasteiger partial charge in [-0.15, -0.1) is 0 Å². The Morgan fingerprint density at radius 3 is 2.35 bits per heavy atom. The van der Waals surface area contributed by atoms with Gasteiger partial charge in [0.2, 0.25) is 0 Å². The molecule has 10 aliphatic rings. The lowest BCUT2D eigenvalue weighted by Crippen LogP contribution is -2.73. The lowest BCUT2D eigenvalue weighted by molar-refractivity contribution is -0.0913. The van der Waals surface area contributed by atoms with E-state index in [0.717, 1.165) is 47.7 Å². The Bertz CT molecular complexity index is 1350. The SMILES string of the molecule is CC1CCCCC1N1C2=C(CC3C(C2)N(C2C(C4=CCCC=C4)NC4CCCCC4N2C)C2CCC4CCCCC4(C)C32)C2CCCCC21. The monoisotopic (exact) mass is 667 g/mol. The van der Waals surface area contributed by atoms with Crippen LogP contribution in [0.1, 0.15) is 155 Å². The van der Waals surface area contributed by atoms with Crippen molar-refractivity contribution in [2.75, 3.05) is 7.05 Å². The van der Waals surface area contributed by atoms with Crippen LogP contribution in [-0.4, -0.2) is 70.2 Å². The van der Waals surface area contributed by atoms with Crippen molar-refractivity contribution in [2.24, 2.45) is 35.0 Å². The number of allylic oxidation sites excluding steroid dienone is 2. The zero-order valence-corrected chi connectivity index (χ0v) is 31.6. The van der Waals surface area contributed by atoms with Crippen LogP contribution in [0.3, 0.4) is 0 Å². The van der Waals surface area contributed by atoms with Crippen molar-refractivity contribution in [3.05, 3.63) is 35.1 Å². The van der Waals surface area contributed by atoms with E-state index in [-0.39, 0.29) is 0 Å². The maximum atomic E-state index is 4.47. The third-order valence-electron chi connectivity index (χ3n) is 17.7. The normalized spacial score (nSPS) is 50.1. The number of nitrogens with zero attached hydrogens (tertiary/aromatic N) is 3. The minimum Gasteiger partial charge on any atom is -0.368 e. The van der Waals surface area contributed by atoms with E-state index in [2.05, 4.69) is 59.1 Å². The molecule has 49 heavy (non-hydrogen) atoms. The third kappa shape index (κ3) is 5.04. The molecule has 270 valence electrons. The lowest BCUT2D eigenvalue weighted by atomic mass is 9.51. The van der Waals surface area contributed by atoms with Gasteiger partial charge in [0.05, 0.1) is 12.2 Å². The van der Waals surface area contributed by atoms with Crippen molar-refractivity contribution in [3.8, 4) is 0 Å². The summed E-state index contributed by atoms with van der Waals surface area (Å²) in [7, 11) is 2.60. The summed E-state index contributed by atoms with van der Waals surface area (Å²) in [6, 6.07) is 4.86. The first-order valence-corrected chi connectivity index (χ1v) is 22.1. The maximum Gasteiger partial charge on any atom is 0.0829 e. The highest BCUT2D eigenvalue weighted by Gasteiger charge is 2.65. The Morgan fingerprint density at radius 1 is 0.735 bits per heavy atom. The molecular weight excluding hydrogens is 597 g/mol. The molecule has 3 aliphatic heterocycles. The van der Waals surface area contributed by atoms with Gasteiger partial charge in [0.1, 0.15) is 0 Å². The number of fused-ring (bicyclic) bond motifs is 8. The number of piperazine rings is 1. The van der Waals surface area contributed by atoms with Gasteiger partial charge < -0.3 is 10.2 Å². The van der Waals surface area contributed by atoms with Crippen LogP contribution in [0, 0.1) is 35.0 Å². The summed E-state index contributed by atoms with van der Waals surface area (Å²) in [5, 5.41) is 4.47. The molecule has 0 amide bonds. The largest absolute Gasteiger partial charge is 0.368 e. The molecule has 14 unspecified atom stereocenters. The molecule has 1 N–H and O–H groups in total. The average molecular weight is 667 g/mol. The number of likely N-dealkylation sites (N-methyl/N-ethyl adjacent to an activating group) is 1. The minimum absolute atomic E-state index is 0.438. The minimum atomic E-state index is 0.438. The summed E-state index contributed by atoms with van der Waals surface area (Å²) < 4.78 is 0. The van der Waals surface area contributed by atoms with Gasteiger partial charge >= 0.3 is 0 Å². The summed E-state index contributed by atoms with van der Waals surface area (Å²) in [6.07, 6.45) is 39.6. The number of hydrogen-bond acceptors (Lipinski definition) is 4. The zero-order valence-electron chi connectivity index (χ0n) is 31.6. The molecule has 10 rings (SSSR count). The number of hydrogen-bond donors (Lipinski definition) is 1. The average Bonchev–Trinajstić information content (AvgIpc) is 3.63. The van der Waals surface area contributed by atoms with E-state index < -0.39 is 0 Å². The lowest BCUT2D eigenvalue weighted by Gasteiger charge is -2.58. The van der Waals surface area contributed by atoms with Crippen LogP contribution in [0.2, 0.25) is 0 Å². The third-order valence-corrected chi connectivity index (χ3v) is 17.7. The van der Waals surface area contributed by atoms with E-state index in [1.54, 1.807) is 5.57 Å². The van der Waals surface area contributed by atoms with E-state index in [1.165, 1.54) is 141 Å². The topological polar surface area (TPSA) is 21.8 Å². The van der Waals surface area contributed by atoms with Crippen LogP contribution in [0.4, 0.5) is 0 Å². The first kappa shape index (κ1) is 32.5. The van der Waals surface area contributed by atoms with Crippen LogP contribution in [0.25, 0.3) is 0 Å². The van der Waals surface area contributed by atoms with E-state index in [4.69, 9.17) is 0 Å². The quantitative estimate of drug-likeness (QED) is 0.324. The maximum absolute atomic E-state index is 4.47. The second-order valence-corrected chi connectivity index (χ2v) is 19.7. The fourth-order valence-electron chi connectivity index (χ4n) is 15.7. The summed E-state index contributed by atoms with van der Waals surface area (Å²) in [6.45, 7) is 5.47. The van der Waals surface area contributed by atoms with Crippen LogP contribution in [0.15, 0.2) is 35.1 Å². The molecule has 5 saturated carbocycles. The standard InChI is InChI=1S/C45H70N4/c1-29-15-7-10-21-36(29)48-37-22-11-8-19-32(37)33-27-34-41(28-40(33)48)49(39-25-24-31-18-13-14-26-45(31,2)42(34)39)44-43(30-16-5-4-6-17-30)46-35-20-9-12-23-38(35)47(44)3/h5,16-17,29,31-32,34-39,41-44,46H,4,6-15,18-28H2,1-3H3. The van der Waals surface area contributed by atoms with E-state index in [1.807, 2.05) is 11.3 Å². The van der Waals surface area contributed by atoms with Gasteiger partial charge in [-0.2, -0.15) is 0 Å². The fourth-order valence-corrected chi connectivity index (χ4v) is 15.7. The number of nitrogens with one attached hydrogen (secondary N) is 1. The molecule has 0 aromatic heterocycles. The molecule has 14 atom stereocenters. The van der Waals surface area contributed by atoms with Crippen molar-refractivity contribution in [1.29, 1.82) is 0 Å². The first-order chi connectivity index (χ1) is 24.0. The van der Waals surface area contributed by atoms with Crippen molar-refractivity contribution in [1.82, 2.24) is 20.0 Å². The molecule has 0 aromatic carbocycles.